The maximum Gasteiger partial charge on any atom is 0.231 e. The lowest BCUT2D eigenvalue weighted by Crippen LogP contribution is -2.44. The quantitative estimate of drug-likeness (QED) is 0.182. The van der Waals surface area contributed by atoms with Crippen LogP contribution in [-0.4, -0.2) is 18.5 Å². The summed E-state index contributed by atoms with van der Waals surface area (Å²) in [5, 5.41) is 5.21. The molecule has 0 unspecified atom stereocenters. The number of rotatable bonds is 7. The molecule has 5 aromatic rings. The van der Waals surface area contributed by atoms with Crippen molar-refractivity contribution >= 4 is 37.1 Å². The highest BCUT2D eigenvalue weighted by atomic mass is 31.2. The van der Waals surface area contributed by atoms with E-state index in [1.54, 1.807) is 0 Å². The van der Waals surface area contributed by atoms with Gasteiger partial charge >= 0.3 is 0 Å². The van der Waals surface area contributed by atoms with Gasteiger partial charge in [0, 0.05) is 5.56 Å². The normalized spacial score (nSPS) is 17.8. The lowest BCUT2D eigenvalue weighted by atomic mass is 9.88. The van der Waals surface area contributed by atoms with E-state index >= 15 is 0 Å². The van der Waals surface area contributed by atoms with Crippen molar-refractivity contribution in [2.75, 3.05) is 13.6 Å². The zero-order valence-electron chi connectivity index (χ0n) is 24.0. The van der Waals surface area contributed by atoms with Gasteiger partial charge in [0.2, 0.25) is 13.6 Å². The van der Waals surface area contributed by atoms with E-state index < -0.39 is 20.7 Å². The number of fused-ring (bicyclic) bond motifs is 1. The van der Waals surface area contributed by atoms with Gasteiger partial charge in [-0.1, -0.05) is 140 Å². The van der Waals surface area contributed by atoms with Gasteiger partial charge in [0.15, 0.2) is 23.0 Å². The summed E-state index contributed by atoms with van der Waals surface area (Å²) in [4.78, 5) is -0.496. The minimum atomic E-state index is -1.06. The topological polar surface area (TPSA) is 36.9 Å². The van der Waals surface area contributed by atoms with Crippen molar-refractivity contribution < 1.29 is 18.9 Å². The number of para-hydroxylation sites is 1. The minimum Gasteiger partial charge on any atom is -0.457 e. The predicted octanol–water partition coefficient (Wildman–Crippen LogP) is 7.25. The van der Waals surface area contributed by atoms with Crippen molar-refractivity contribution in [1.82, 2.24) is 0 Å². The first kappa shape index (κ1) is 27.2. The van der Waals surface area contributed by atoms with E-state index in [1.807, 2.05) is 6.07 Å². The Kier molecular flexibility index (Phi) is 7.18. The summed E-state index contributed by atoms with van der Waals surface area (Å²) in [6.45, 7) is 0.389. The van der Waals surface area contributed by atoms with Gasteiger partial charge in [-0.3, -0.25) is 0 Å². The van der Waals surface area contributed by atoms with Crippen molar-refractivity contribution in [2.24, 2.45) is 0 Å². The van der Waals surface area contributed by atoms with E-state index in [4.69, 9.17) is 18.9 Å². The summed E-state index contributed by atoms with van der Waals surface area (Å²) in [7, 11) is -2.11. The Morgan fingerprint density at radius 3 is 1.52 bits per heavy atom. The fraction of sp³-hybridized carbons (Fsp3) is 0.105. The molecule has 0 bridgehead atoms. The van der Waals surface area contributed by atoms with Crippen LogP contribution in [0.5, 0.6) is 11.5 Å². The average molecular weight is 613 g/mol. The Hall–Kier alpha value is -4.36. The fourth-order valence-electron chi connectivity index (χ4n) is 6.63. The number of hydrogen-bond acceptors (Lipinski definition) is 4. The van der Waals surface area contributed by atoms with Gasteiger partial charge in [0.25, 0.3) is 0 Å². The molecule has 0 N–H and O–H groups in total. The molecule has 1 atom stereocenters. The lowest BCUT2D eigenvalue weighted by molar-refractivity contribution is 0.0703. The number of allylic oxidation sites excluding steroid dienone is 3. The van der Waals surface area contributed by atoms with Crippen LogP contribution in [0.15, 0.2) is 163 Å². The first-order chi connectivity index (χ1) is 21.8. The highest BCUT2D eigenvalue weighted by Crippen LogP contribution is 2.74. The second-order valence-electron chi connectivity index (χ2n) is 10.8. The van der Waals surface area contributed by atoms with Gasteiger partial charge in [0.1, 0.15) is 0 Å². The van der Waals surface area contributed by atoms with Crippen LogP contribution < -0.4 is 30.7 Å². The van der Waals surface area contributed by atoms with E-state index in [-0.39, 0.29) is 19.5 Å². The van der Waals surface area contributed by atoms with Crippen LogP contribution in [0.25, 0.3) is 0 Å². The van der Waals surface area contributed by atoms with Crippen LogP contribution in [0.3, 0.4) is 0 Å². The molecule has 0 saturated carbocycles. The van der Waals surface area contributed by atoms with Crippen LogP contribution in [0, 0.1) is 0 Å². The first-order valence-corrected chi connectivity index (χ1v) is 17.4. The third-order valence-electron chi connectivity index (χ3n) is 8.35. The molecule has 0 spiro atoms. The van der Waals surface area contributed by atoms with Crippen molar-refractivity contribution in [3.05, 3.63) is 169 Å². The van der Waals surface area contributed by atoms with E-state index in [0.29, 0.717) is 0 Å². The monoisotopic (exact) mass is 612 g/mol. The van der Waals surface area contributed by atoms with E-state index in [0.717, 1.165) is 28.6 Å². The Labute approximate surface area is 260 Å². The Morgan fingerprint density at radius 2 is 1.00 bits per heavy atom. The maximum absolute atomic E-state index is 6.51. The SMILES string of the molecule is C1=CC(P(c2ccccc2)c2ccccc2)(P(c2ccccc2)c2ccccc2)[C@@H](c2cccc3c2OCO3)C2=C1OCO2. The number of benzene rings is 5. The third-order valence-corrected chi connectivity index (χ3v) is 15.1. The lowest BCUT2D eigenvalue weighted by Gasteiger charge is -2.51. The molecule has 44 heavy (non-hydrogen) atoms. The largest absolute Gasteiger partial charge is 0.457 e. The van der Waals surface area contributed by atoms with Gasteiger partial charge in [-0.2, -0.15) is 0 Å². The molecule has 0 aromatic heterocycles. The molecule has 0 radical (unpaired) electrons. The first-order valence-electron chi connectivity index (χ1n) is 14.7. The Morgan fingerprint density at radius 1 is 0.500 bits per heavy atom. The molecule has 4 nitrogen and oxygen atoms in total. The molecule has 0 amide bonds. The van der Waals surface area contributed by atoms with Gasteiger partial charge in [-0.05, 0) is 49.2 Å². The Balaban J connectivity index is 1.52. The third kappa shape index (κ3) is 4.53. The molecule has 0 saturated heterocycles. The summed E-state index contributed by atoms with van der Waals surface area (Å²) in [6.07, 6.45) is 4.62. The molecule has 8 rings (SSSR count). The highest BCUT2D eigenvalue weighted by molar-refractivity contribution is 7.91. The standard InChI is InChI=1S/C38H30O4P2/c1-5-14-28(15-6-1)43(29-16-7-2-8-17-29)38(44(30-18-9-3-10-19-30)31-20-11-4-12-21-31)25-24-34-37(42-27-40-34)35(38)32-22-13-23-33-36(32)41-26-39-33/h1-25,35H,26-27H2/t35-/m0/s1. The van der Waals surface area contributed by atoms with Crippen LogP contribution in [0.2, 0.25) is 0 Å². The summed E-state index contributed by atoms with van der Waals surface area (Å²) < 4.78 is 24.8. The number of ether oxygens (including phenoxy) is 4. The van der Waals surface area contributed by atoms with E-state index in [9.17, 15) is 0 Å². The average Bonchev–Trinajstić information content (AvgIpc) is 3.77. The maximum atomic E-state index is 6.51. The predicted molar refractivity (Wildman–Crippen MR) is 179 cm³/mol. The zero-order chi connectivity index (χ0) is 29.3. The van der Waals surface area contributed by atoms with Gasteiger partial charge in [-0.25, -0.2) is 0 Å². The van der Waals surface area contributed by atoms with Gasteiger partial charge < -0.3 is 18.9 Å². The van der Waals surface area contributed by atoms with Gasteiger partial charge in [0.05, 0.1) is 10.8 Å². The second-order valence-corrected chi connectivity index (χ2v) is 16.0. The molecular weight excluding hydrogens is 582 g/mol. The molecule has 5 aromatic carbocycles. The molecule has 1 aliphatic carbocycles. The fourth-order valence-corrected chi connectivity index (χ4v) is 14.4. The van der Waals surface area contributed by atoms with Crippen LogP contribution in [-0.2, 0) is 9.47 Å². The van der Waals surface area contributed by atoms with E-state index in [1.165, 1.54) is 21.2 Å². The van der Waals surface area contributed by atoms with Crippen molar-refractivity contribution in [1.29, 1.82) is 0 Å². The molecule has 2 heterocycles. The molecule has 6 heteroatoms. The summed E-state index contributed by atoms with van der Waals surface area (Å²) >= 11 is 0. The number of hydrogen-bond donors (Lipinski definition) is 0. The second kappa shape index (κ2) is 11.6. The smallest absolute Gasteiger partial charge is 0.231 e. The van der Waals surface area contributed by atoms with Crippen molar-refractivity contribution in [3.8, 4) is 11.5 Å². The Bertz CT molecular complexity index is 1660. The summed E-state index contributed by atoms with van der Waals surface area (Å²) in [6, 6.07) is 50.3. The summed E-state index contributed by atoms with van der Waals surface area (Å²) in [5.41, 5.74) is 1.06. The zero-order valence-corrected chi connectivity index (χ0v) is 25.7. The van der Waals surface area contributed by atoms with Crippen LogP contribution in [0.4, 0.5) is 0 Å². The molecular formula is C38H30O4P2. The van der Waals surface area contributed by atoms with Crippen molar-refractivity contribution in [3.63, 3.8) is 0 Å². The van der Waals surface area contributed by atoms with E-state index in [2.05, 4.69) is 146 Å². The van der Waals surface area contributed by atoms with Gasteiger partial charge in [-0.15, -0.1) is 0 Å². The molecule has 2 aliphatic heterocycles. The summed E-state index contributed by atoms with van der Waals surface area (Å²) in [5.74, 6) is 2.97. The highest BCUT2D eigenvalue weighted by Gasteiger charge is 2.57. The van der Waals surface area contributed by atoms with Crippen LogP contribution >= 0.6 is 15.8 Å². The van der Waals surface area contributed by atoms with Crippen molar-refractivity contribution in [2.45, 2.75) is 10.8 Å². The minimum absolute atomic E-state index is 0.192. The molecule has 3 aliphatic rings. The van der Waals surface area contributed by atoms with Crippen LogP contribution in [0.1, 0.15) is 11.5 Å². The molecule has 216 valence electrons. The molecule has 0 fully saturated rings.